The molecule has 0 spiro atoms. The molecule has 0 aliphatic rings. The number of benzene rings is 2. The van der Waals surface area contributed by atoms with Crippen LogP contribution in [-0.2, 0) is 6.61 Å². The third kappa shape index (κ3) is 4.42. The van der Waals surface area contributed by atoms with Gasteiger partial charge in [-0.1, -0.05) is 23.4 Å². The summed E-state index contributed by atoms with van der Waals surface area (Å²) in [6, 6.07) is 15.9. The van der Waals surface area contributed by atoms with Gasteiger partial charge in [0.25, 0.3) is 0 Å². The summed E-state index contributed by atoms with van der Waals surface area (Å²) in [5, 5.41) is 12.5. The predicted octanol–water partition coefficient (Wildman–Crippen LogP) is 3.72. The fourth-order valence-corrected chi connectivity index (χ4v) is 2.20. The Labute approximate surface area is 150 Å². The monoisotopic (exact) mass is 345 g/mol. The molecule has 0 atom stereocenters. The number of allylic oxidation sites excluding steroid dienone is 1. The van der Waals surface area contributed by atoms with Gasteiger partial charge in [-0.3, -0.25) is 4.79 Å². The summed E-state index contributed by atoms with van der Waals surface area (Å²) in [4.78, 5) is 16.2. The van der Waals surface area contributed by atoms with Crippen LogP contribution in [0, 0.1) is 18.3 Å². The molecule has 0 bridgehead atoms. The third-order valence-electron chi connectivity index (χ3n) is 3.54. The smallest absolute Gasteiger partial charge is 0.223 e. The summed E-state index contributed by atoms with van der Waals surface area (Å²) in [6.07, 6.45) is 3.23. The molecule has 3 aromatic rings. The molecule has 1 aromatic heterocycles. The Kier molecular flexibility index (Phi) is 5.20. The Balaban J connectivity index is 1.58. The number of carbonyl (C=O) groups excluding carboxylic acids is 1. The van der Waals surface area contributed by atoms with Crippen molar-refractivity contribution in [1.82, 2.24) is 10.1 Å². The van der Waals surface area contributed by atoms with E-state index in [1.165, 1.54) is 6.08 Å². The van der Waals surface area contributed by atoms with E-state index in [0.29, 0.717) is 28.6 Å². The Bertz CT molecular complexity index is 965. The average Bonchev–Trinajstić information content (AvgIpc) is 3.10. The van der Waals surface area contributed by atoms with Crippen molar-refractivity contribution in [3.63, 3.8) is 0 Å². The Morgan fingerprint density at radius 3 is 2.54 bits per heavy atom. The van der Waals surface area contributed by atoms with E-state index in [1.807, 2.05) is 18.2 Å². The van der Waals surface area contributed by atoms with Crippen molar-refractivity contribution in [2.24, 2.45) is 0 Å². The van der Waals surface area contributed by atoms with Gasteiger partial charge in [-0.2, -0.15) is 10.2 Å². The summed E-state index contributed by atoms with van der Waals surface area (Å²) in [5.41, 5.74) is 1.93. The van der Waals surface area contributed by atoms with Crippen LogP contribution in [0.2, 0.25) is 0 Å². The number of aryl methyl sites for hydroxylation is 1. The lowest BCUT2D eigenvalue weighted by atomic mass is 10.1. The molecule has 2 aromatic carbocycles. The van der Waals surface area contributed by atoms with Crippen LogP contribution in [-0.4, -0.2) is 15.9 Å². The van der Waals surface area contributed by atoms with E-state index in [9.17, 15) is 4.79 Å². The first-order valence-electron chi connectivity index (χ1n) is 7.89. The van der Waals surface area contributed by atoms with Gasteiger partial charge < -0.3 is 9.26 Å². The van der Waals surface area contributed by atoms with E-state index >= 15 is 0 Å². The molecule has 6 nitrogen and oxygen atoms in total. The normalized spacial score (nSPS) is 10.6. The lowest BCUT2D eigenvalue weighted by Crippen LogP contribution is -1.97. The van der Waals surface area contributed by atoms with Crippen LogP contribution in [0.3, 0.4) is 0 Å². The molecule has 0 unspecified atom stereocenters. The summed E-state index contributed by atoms with van der Waals surface area (Å²) in [7, 11) is 0. The van der Waals surface area contributed by atoms with Crippen molar-refractivity contribution >= 4 is 11.9 Å². The van der Waals surface area contributed by atoms with Gasteiger partial charge in [-0.25, -0.2) is 0 Å². The van der Waals surface area contributed by atoms with Crippen LogP contribution in [0.1, 0.15) is 33.2 Å². The van der Waals surface area contributed by atoms with Gasteiger partial charge in [0.2, 0.25) is 11.7 Å². The number of ketones is 1. The van der Waals surface area contributed by atoms with Crippen molar-refractivity contribution in [3.8, 4) is 11.8 Å². The molecule has 0 fully saturated rings. The summed E-state index contributed by atoms with van der Waals surface area (Å²) in [6.45, 7) is 1.94. The zero-order valence-electron chi connectivity index (χ0n) is 14.0. The molecule has 3 rings (SSSR count). The van der Waals surface area contributed by atoms with Crippen LogP contribution in [0.25, 0.3) is 6.08 Å². The van der Waals surface area contributed by atoms with Crippen LogP contribution in [0.15, 0.2) is 59.1 Å². The second kappa shape index (κ2) is 7.90. The minimum atomic E-state index is -0.123. The summed E-state index contributed by atoms with van der Waals surface area (Å²) < 4.78 is 10.5. The minimum absolute atomic E-state index is 0.123. The van der Waals surface area contributed by atoms with Gasteiger partial charge in [0.1, 0.15) is 5.75 Å². The zero-order chi connectivity index (χ0) is 18.4. The standard InChI is InChI=1S/C20H15N3O3/c1-14-22-20(23-26-14)13-25-18-9-4-15(5-10-18)6-11-19(24)17-7-2-16(12-21)3-8-17/h2-11H,13H2,1H3. The van der Waals surface area contributed by atoms with Crippen molar-refractivity contribution in [3.05, 3.63) is 83.0 Å². The highest BCUT2D eigenvalue weighted by molar-refractivity contribution is 6.06. The number of nitrogens with zero attached hydrogens (tertiary/aromatic N) is 3. The summed E-state index contributed by atoms with van der Waals surface area (Å²) >= 11 is 0. The first-order valence-corrected chi connectivity index (χ1v) is 7.89. The molecular weight excluding hydrogens is 330 g/mol. The van der Waals surface area contributed by atoms with E-state index in [2.05, 4.69) is 10.1 Å². The summed E-state index contributed by atoms with van der Waals surface area (Å²) in [5.74, 6) is 1.53. The largest absolute Gasteiger partial charge is 0.485 e. The minimum Gasteiger partial charge on any atom is -0.485 e. The second-order valence-corrected chi connectivity index (χ2v) is 5.47. The fraction of sp³-hybridized carbons (Fsp3) is 0.100. The molecule has 128 valence electrons. The number of carbonyl (C=O) groups is 1. The highest BCUT2D eigenvalue weighted by Crippen LogP contribution is 2.15. The van der Waals surface area contributed by atoms with Gasteiger partial charge in [0.15, 0.2) is 12.4 Å². The van der Waals surface area contributed by atoms with Crippen molar-refractivity contribution in [2.45, 2.75) is 13.5 Å². The van der Waals surface area contributed by atoms with Gasteiger partial charge in [0, 0.05) is 12.5 Å². The molecule has 0 amide bonds. The van der Waals surface area contributed by atoms with E-state index < -0.39 is 0 Å². The molecular formula is C20H15N3O3. The molecule has 6 heteroatoms. The van der Waals surface area contributed by atoms with E-state index in [-0.39, 0.29) is 12.4 Å². The quantitative estimate of drug-likeness (QED) is 0.499. The molecule has 0 radical (unpaired) electrons. The van der Waals surface area contributed by atoms with E-state index in [4.69, 9.17) is 14.5 Å². The molecule has 0 aliphatic carbocycles. The molecule has 26 heavy (non-hydrogen) atoms. The number of hydrogen-bond donors (Lipinski definition) is 0. The SMILES string of the molecule is Cc1nc(COc2ccc(C=CC(=O)c3ccc(C#N)cc3)cc2)no1. The first-order chi connectivity index (χ1) is 12.6. The lowest BCUT2D eigenvalue weighted by molar-refractivity contribution is 0.104. The maximum atomic E-state index is 12.1. The van der Waals surface area contributed by atoms with Gasteiger partial charge >= 0.3 is 0 Å². The van der Waals surface area contributed by atoms with Gasteiger partial charge in [-0.05, 0) is 48.0 Å². The highest BCUT2D eigenvalue weighted by atomic mass is 16.5. The number of ether oxygens (including phenoxy) is 1. The van der Waals surface area contributed by atoms with Crippen LogP contribution >= 0.6 is 0 Å². The fourth-order valence-electron chi connectivity index (χ4n) is 2.20. The maximum absolute atomic E-state index is 12.1. The van der Waals surface area contributed by atoms with E-state index in [1.54, 1.807) is 49.4 Å². The maximum Gasteiger partial charge on any atom is 0.223 e. The molecule has 0 aliphatic heterocycles. The predicted molar refractivity (Wildman–Crippen MR) is 94.3 cm³/mol. The topological polar surface area (TPSA) is 89.0 Å². The molecule has 1 heterocycles. The van der Waals surface area contributed by atoms with Crippen LogP contribution in [0.5, 0.6) is 5.75 Å². The van der Waals surface area contributed by atoms with Crippen LogP contribution in [0.4, 0.5) is 0 Å². The van der Waals surface area contributed by atoms with Crippen LogP contribution < -0.4 is 4.74 Å². The molecule has 0 saturated carbocycles. The van der Waals surface area contributed by atoms with Crippen molar-refractivity contribution in [2.75, 3.05) is 0 Å². The third-order valence-corrected chi connectivity index (χ3v) is 3.54. The average molecular weight is 345 g/mol. The highest BCUT2D eigenvalue weighted by Gasteiger charge is 2.04. The van der Waals surface area contributed by atoms with E-state index in [0.717, 1.165) is 5.56 Å². The number of hydrogen-bond acceptors (Lipinski definition) is 6. The Morgan fingerprint density at radius 1 is 1.19 bits per heavy atom. The lowest BCUT2D eigenvalue weighted by Gasteiger charge is -2.03. The first kappa shape index (κ1) is 17.1. The zero-order valence-corrected chi connectivity index (χ0v) is 14.0. The van der Waals surface area contributed by atoms with Crippen molar-refractivity contribution < 1.29 is 14.1 Å². The number of nitriles is 1. The Hall–Kier alpha value is -3.72. The van der Waals surface area contributed by atoms with Gasteiger partial charge in [-0.15, -0.1) is 0 Å². The van der Waals surface area contributed by atoms with Gasteiger partial charge in [0.05, 0.1) is 11.6 Å². The molecule has 0 saturated heterocycles. The second-order valence-electron chi connectivity index (χ2n) is 5.47. The number of aromatic nitrogens is 2. The van der Waals surface area contributed by atoms with Crippen molar-refractivity contribution in [1.29, 1.82) is 5.26 Å². The molecule has 0 N–H and O–H groups in total. The Morgan fingerprint density at radius 2 is 1.92 bits per heavy atom. The number of rotatable bonds is 6.